The minimum atomic E-state index is -0.502. The van der Waals surface area contributed by atoms with E-state index in [1.807, 2.05) is 0 Å². The molecule has 1 aromatic carbocycles. The molecular weight excluding hydrogens is 464 g/mol. The fourth-order valence-electron chi connectivity index (χ4n) is 4.76. The molecule has 0 saturated carbocycles. The van der Waals surface area contributed by atoms with E-state index in [0.29, 0.717) is 11.4 Å². The predicted molar refractivity (Wildman–Crippen MR) is 151 cm³/mol. The van der Waals surface area contributed by atoms with Gasteiger partial charge in [0.15, 0.2) is 0 Å². The summed E-state index contributed by atoms with van der Waals surface area (Å²) in [6, 6.07) is 9.48. The normalized spacial score (nSPS) is 11.2. The average Bonchev–Trinajstić information content (AvgIpc) is 3.63. The number of quaternary nitrogens is 1. The summed E-state index contributed by atoms with van der Waals surface area (Å²) in [5.74, 6) is -0.250. The number of hydrogen-bond donors (Lipinski definition) is 2. The monoisotopic (exact) mass is 510 g/mol. The number of nitro benzene ring substituents is 1. The lowest BCUT2D eigenvalue weighted by Crippen LogP contribution is -2.50. The number of benzene rings is 1. The number of hydrogen-bond acceptors (Lipinski definition) is 3. The van der Waals surface area contributed by atoms with Crippen molar-refractivity contribution in [1.29, 1.82) is 0 Å². The highest BCUT2D eigenvalue weighted by molar-refractivity contribution is 5.81. The van der Waals surface area contributed by atoms with Crippen molar-refractivity contribution in [2.75, 3.05) is 26.2 Å². The summed E-state index contributed by atoms with van der Waals surface area (Å²) in [6.07, 6.45) is 14.4. The van der Waals surface area contributed by atoms with Gasteiger partial charge in [-0.05, 0) is 61.1 Å². The zero-order valence-electron chi connectivity index (χ0n) is 23.2. The molecule has 7 nitrogen and oxygen atoms in total. The van der Waals surface area contributed by atoms with E-state index in [1.54, 1.807) is 36.7 Å². The third-order valence-electron chi connectivity index (χ3n) is 7.00. The summed E-state index contributed by atoms with van der Waals surface area (Å²) in [4.78, 5) is 16.3. The largest absolute Gasteiger partial charge is 0.872 e. The Morgan fingerprint density at radius 2 is 1.11 bits per heavy atom. The van der Waals surface area contributed by atoms with Gasteiger partial charge < -0.3 is 19.6 Å². The molecule has 3 rings (SSSR count). The van der Waals surface area contributed by atoms with Gasteiger partial charge in [-0.1, -0.05) is 59.1 Å². The first kappa shape index (κ1) is 30.2. The molecule has 2 N–H and O–H groups in total. The zero-order valence-corrected chi connectivity index (χ0v) is 23.2. The van der Waals surface area contributed by atoms with Gasteiger partial charge in [0, 0.05) is 35.9 Å². The summed E-state index contributed by atoms with van der Waals surface area (Å²) in [6.45, 7) is 15.0. The van der Waals surface area contributed by atoms with Crippen LogP contribution in [-0.2, 0) is 0 Å². The number of non-ortho nitro benzene ring substituents is 1. The van der Waals surface area contributed by atoms with Gasteiger partial charge in [0.2, 0.25) is 0 Å². The van der Waals surface area contributed by atoms with Crippen LogP contribution < -0.4 is 5.11 Å². The average molecular weight is 511 g/mol. The van der Waals surface area contributed by atoms with E-state index in [9.17, 15) is 15.2 Å². The minimum Gasteiger partial charge on any atom is -0.872 e. The highest BCUT2D eigenvalue weighted by Crippen LogP contribution is 2.38. The highest BCUT2D eigenvalue weighted by Gasteiger charge is 2.24. The quantitative estimate of drug-likeness (QED) is 0.125. The molecule has 0 spiro atoms. The van der Waals surface area contributed by atoms with E-state index in [2.05, 4.69) is 37.7 Å². The first-order valence-corrected chi connectivity index (χ1v) is 14.0. The van der Waals surface area contributed by atoms with Crippen molar-refractivity contribution in [2.45, 2.75) is 79.1 Å². The second-order valence-electron chi connectivity index (χ2n) is 9.94. The lowest BCUT2D eigenvalue weighted by Gasteiger charge is -2.39. The van der Waals surface area contributed by atoms with Crippen LogP contribution in [0.3, 0.4) is 0 Å². The van der Waals surface area contributed by atoms with Gasteiger partial charge in [-0.15, -0.1) is 0 Å². The fraction of sp³-hybridized carbons (Fsp3) is 0.533. The molecule has 37 heavy (non-hydrogen) atoms. The number of aromatic nitrogens is 2. The molecule has 0 fully saturated rings. The number of aromatic amines is 2. The predicted octanol–water partition coefficient (Wildman–Crippen LogP) is 7.66. The Balaban J connectivity index is 0.000000265. The summed E-state index contributed by atoms with van der Waals surface area (Å²) in [5, 5.41) is 23.5. The van der Waals surface area contributed by atoms with Crippen LogP contribution in [0.25, 0.3) is 22.5 Å². The number of nitrogens with one attached hydrogen (secondary N) is 2. The van der Waals surface area contributed by atoms with Gasteiger partial charge in [-0.3, -0.25) is 10.1 Å². The Kier molecular flexibility index (Phi) is 13.0. The summed E-state index contributed by atoms with van der Waals surface area (Å²) in [5.41, 5.74) is 1.58. The third-order valence-corrected chi connectivity index (χ3v) is 7.00. The van der Waals surface area contributed by atoms with Crippen molar-refractivity contribution in [2.24, 2.45) is 0 Å². The van der Waals surface area contributed by atoms with Crippen LogP contribution in [0.2, 0.25) is 0 Å². The second kappa shape index (κ2) is 15.9. The Bertz CT molecular complexity index is 937. The third kappa shape index (κ3) is 9.08. The Labute approximate surface area is 222 Å². The SMILES string of the molecule is CCCC[N+](CCCC)(CCCC)CCCC.O=[N+]([O-])c1cc(-c2ccc[nH]2)c([O-])c(-c2ccc[nH]2)c1. The molecule has 0 aliphatic rings. The van der Waals surface area contributed by atoms with Crippen LogP contribution in [0, 0.1) is 10.1 Å². The number of nitro groups is 1. The smallest absolute Gasteiger partial charge is 0.270 e. The maximum atomic E-state index is 12.5. The van der Waals surface area contributed by atoms with Crippen LogP contribution in [0.5, 0.6) is 5.75 Å². The molecule has 0 amide bonds. The molecular formula is C30H46N4O3. The molecule has 0 bridgehead atoms. The summed E-state index contributed by atoms with van der Waals surface area (Å²) < 4.78 is 1.42. The molecule has 0 radical (unpaired) electrons. The van der Waals surface area contributed by atoms with Gasteiger partial charge in [0.25, 0.3) is 5.69 Å². The first-order valence-electron chi connectivity index (χ1n) is 14.0. The minimum absolute atomic E-state index is 0.112. The highest BCUT2D eigenvalue weighted by atomic mass is 16.6. The van der Waals surface area contributed by atoms with Crippen molar-refractivity contribution >= 4 is 5.69 Å². The van der Waals surface area contributed by atoms with E-state index in [0.717, 1.165) is 0 Å². The molecule has 7 heteroatoms. The maximum absolute atomic E-state index is 12.5. The van der Waals surface area contributed by atoms with Crippen molar-refractivity contribution < 1.29 is 14.5 Å². The standard InChI is InChI=1S/C16H36N.C14H11N3O3/c1-5-9-13-17(14-10-6-2,15-11-7-3)16-12-8-4;18-14-10(12-3-1-5-15-12)7-9(17(19)20)8-11(14)13-4-2-6-16-13/h5-16H2,1-4H3;1-8,15-16,18H/q+1;/p-1. The molecule has 0 saturated heterocycles. The van der Waals surface area contributed by atoms with Crippen molar-refractivity contribution in [1.82, 2.24) is 9.97 Å². The molecule has 0 atom stereocenters. The Morgan fingerprint density at radius 1 is 0.730 bits per heavy atom. The van der Waals surface area contributed by atoms with Crippen molar-refractivity contribution in [3.8, 4) is 28.3 Å². The van der Waals surface area contributed by atoms with E-state index < -0.39 is 4.92 Å². The van der Waals surface area contributed by atoms with Crippen LogP contribution in [0.1, 0.15) is 79.1 Å². The molecule has 3 aromatic rings. The van der Waals surface area contributed by atoms with Crippen LogP contribution >= 0.6 is 0 Å². The first-order chi connectivity index (χ1) is 17.9. The number of nitrogens with zero attached hydrogens (tertiary/aromatic N) is 2. The molecule has 2 heterocycles. The van der Waals surface area contributed by atoms with Gasteiger partial charge in [-0.25, -0.2) is 0 Å². The Hall–Kier alpha value is -3.06. The van der Waals surface area contributed by atoms with E-state index in [4.69, 9.17) is 0 Å². The van der Waals surface area contributed by atoms with Crippen LogP contribution in [-0.4, -0.2) is 45.6 Å². The number of H-pyrrole nitrogens is 2. The van der Waals surface area contributed by atoms with Gasteiger partial charge in [0.05, 0.1) is 31.1 Å². The second-order valence-corrected chi connectivity index (χ2v) is 9.94. The molecule has 0 aliphatic carbocycles. The lowest BCUT2D eigenvalue weighted by atomic mass is 10.0. The number of unbranched alkanes of at least 4 members (excludes halogenated alkanes) is 4. The van der Waals surface area contributed by atoms with Crippen LogP contribution in [0.15, 0.2) is 48.8 Å². The van der Waals surface area contributed by atoms with Gasteiger partial charge in [-0.2, -0.15) is 0 Å². The summed E-state index contributed by atoms with van der Waals surface area (Å²) in [7, 11) is 0. The molecule has 0 unspecified atom stereocenters. The molecule has 2 aromatic heterocycles. The van der Waals surface area contributed by atoms with E-state index in [-0.39, 0.29) is 22.6 Å². The van der Waals surface area contributed by atoms with Crippen LogP contribution in [0.4, 0.5) is 5.69 Å². The van der Waals surface area contributed by atoms with Gasteiger partial charge in [0.1, 0.15) is 0 Å². The van der Waals surface area contributed by atoms with Crippen molar-refractivity contribution in [3.63, 3.8) is 0 Å². The molecule has 0 aliphatic heterocycles. The zero-order chi connectivity index (χ0) is 27.1. The number of rotatable bonds is 15. The van der Waals surface area contributed by atoms with Gasteiger partial charge >= 0.3 is 0 Å². The fourth-order valence-corrected chi connectivity index (χ4v) is 4.76. The van der Waals surface area contributed by atoms with Crippen molar-refractivity contribution in [3.05, 3.63) is 58.9 Å². The molecule has 204 valence electrons. The summed E-state index contributed by atoms with van der Waals surface area (Å²) >= 11 is 0. The maximum Gasteiger partial charge on any atom is 0.270 e. The topological polar surface area (TPSA) is 97.8 Å². The van der Waals surface area contributed by atoms with E-state index >= 15 is 0 Å². The lowest BCUT2D eigenvalue weighted by molar-refractivity contribution is -0.929. The Morgan fingerprint density at radius 3 is 1.38 bits per heavy atom. The van der Waals surface area contributed by atoms with E-state index in [1.165, 1.54) is 94.2 Å².